The lowest BCUT2D eigenvalue weighted by molar-refractivity contribution is -0.124. The SMILES string of the molecule is CCC(OC(=O)c1ccc2ocnc2c1)C(=O)Nc1ccc(Br)cc1. The van der Waals surface area contributed by atoms with Gasteiger partial charge >= 0.3 is 5.97 Å². The molecule has 1 aromatic heterocycles. The number of nitrogens with one attached hydrogen (secondary N) is 1. The highest BCUT2D eigenvalue weighted by Crippen LogP contribution is 2.17. The molecule has 0 spiro atoms. The maximum absolute atomic E-state index is 12.3. The number of nitrogens with zero attached hydrogens (tertiary/aromatic N) is 1. The number of carbonyl (C=O) groups is 2. The summed E-state index contributed by atoms with van der Waals surface area (Å²) in [5, 5.41) is 2.74. The third-order valence-corrected chi connectivity index (χ3v) is 4.12. The van der Waals surface area contributed by atoms with Gasteiger partial charge in [0, 0.05) is 10.2 Å². The van der Waals surface area contributed by atoms with Crippen LogP contribution in [0.2, 0.25) is 0 Å². The Morgan fingerprint density at radius 2 is 2.00 bits per heavy atom. The number of rotatable bonds is 5. The van der Waals surface area contributed by atoms with Crippen molar-refractivity contribution in [2.75, 3.05) is 5.32 Å². The van der Waals surface area contributed by atoms with Gasteiger partial charge in [0.1, 0.15) is 5.52 Å². The molecule has 128 valence electrons. The predicted octanol–water partition coefficient (Wildman–Crippen LogP) is 4.16. The maximum Gasteiger partial charge on any atom is 0.338 e. The summed E-state index contributed by atoms with van der Waals surface area (Å²) in [6.45, 7) is 1.78. The Balaban J connectivity index is 1.68. The topological polar surface area (TPSA) is 81.4 Å². The van der Waals surface area contributed by atoms with Gasteiger partial charge in [-0.1, -0.05) is 22.9 Å². The van der Waals surface area contributed by atoms with Gasteiger partial charge in [0.15, 0.2) is 18.1 Å². The molecule has 25 heavy (non-hydrogen) atoms. The van der Waals surface area contributed by atoms with E-state index in [1.807, 2.05) is 12.1 Å². The van der Waals surface area contributed by atoms with Crippen LogP contribution in [-0.2, 0) is 9.53 Å². The lowest BCUT2D eigenvalue weighted by atomic mass is 10.2. The minimum absolute atomic E-state index is 0.316. The van der Waals surface area contributed by atoms with Gasteiger partial charge in [-0.15, -0.1) is 0 Å². The zero-order valence-electron chi connectivity index (χ0n) is 13.4. The standard InChI is InChI=1S/C18H15BrN2O4/c1-2-15(17(22)21-13-6-4-12(19)5-7-13)25-18(23)11-3-8-16-14(9-11)20-10-24-16/h3-10,15H,2H2,1H3,(H,21,22). The van der Waals surface area contributed by atoms with E-state index in [0.717, 1.165) is 4.47 Å². The van der Waals surface area contributed by atoms with E-state index in [-0.39, 0.29) is 5.91 Å². The van der Waals surface area contributed by atoms with Crippen molar-refractivity contribution in [1.29, 1.82) is 0 Å². The molecule has 1 heterocycles. The average molecular weight is 403 g/mol. The molecule has 0 aliphatic heterocycles. The molecular formula is C18H15BrN2O4. The molecular weight excluding hydrogens is 388 g/mol. The minimum atomic E-state index is -0.885. The first kappa shape index (κ1) is 17.2. The van der Waals surface area contributed by atoms with Crippen LogP contribution in [-0.4, -0.2) is 23.0 Å². The third-order valence-electron chi connectivity index (χ3n) is 3.59. The van der Waals surface area contributed by atoms with Crippen LogP contribution in [0.3, 0.4) is 0 Å². The van der Waals surface area contributed by atoms with E-state index < -0.39 is 12.1 Å². The number of aromatic nitrogens is 1. The summed E-state index contributed by atoms with van der Waals surface area (Å²) in [6.07, 6.45) is 0.782. The molecule has 0 radical (unpaired) electrons. The van der Waals surface area contributed by atoms with E-state index in [1.165, 1.54) is 6.39 Å². The van der Waals surface area contributed by atoms with Crippen molar-refractivity contribution < 1.29 is 18.7 Å². The fourth-order valence-corrected chi connectivity index (χ4v) is 2.52. The van der Waals surface area contributed by atoms with Gasteiger partial charge in [0.2, 0.25) is 0 Å². The fourth-order valence-electron chi connectivity index (χ4n) is 2.26. The van der Waals surface area contributed by atoms with E-state index in [2.05, 4.69) is 26.2 Å². The number of esters is 1. The Labute approximate surface area is 152 Å². The van der Waals surface area contributed by atoms with Crippen LogP contribution >= 0.6 is 15.9 Å². The van der Waals surface area contributed by atoms with Crippen molar-refractivity contribution in [3.63, 3.8) is 0 Å². The molecule has 0 aliphatic rings. The van der Waals surface area contributed by atoms with Gasteiger partial charge in [-0.2, -0.15) is 0 Å². The first-order valence-electron chi connectivity index (χ1n) is 7.67. The summed E-state index contributed by atoms with van der Waals surface area (Å²) < 4.78 is 11.4. The number of ether oxygens (including phenoxy) is 1. The van der Waals surface area contributed by atoms with Crippen LogP contribution in [0.25, 0.3) is 11.1 Å². The predicted molar refractivity (Wildman–Crippen MR) is 96.3 cm³/mol. The van der Waals surface area contributed by atoms with E-state index in [0.29, 0.717) is 28.8 Å². The molecule has 2 aromatic carbocycles. The van der Waals surface area contributed by atoms with Crippen molar-refractivity contribution in [2.24, 2.45) is 0 Å². The summed E-state index contributed by atoms with van der Waals surface area (Å²) >= 11 is 3.33. The maximum atomic E-state index is 12.3. The van der Waals surface area contributed by atoms with Gasteiger partial charge in [0.05, 0.1) is 5.56 Å². The zero-order chi connectivity index (χ0) is 17.8. The number of benzene rings is 2. The van der Waals surface area contributed by atoms with Crippen LogP contribution < -0.4 is 5.32 Å². The van der Waals surface area contributed by atoms with Crippen molar-refractivity contribution in [3.8, 4) is 0 Å². The summed E-state index contributed by atoms with van der Waals surface area (Å²) in [5.41, 5.74) is 2.08. The summed E-state index contributed by atoms with van der Waals surface area (Å²) in [5.74, 6) is -0.955. The number of hydrogen-bond donors (Lipinski definition) is 1. The van der Waals surface area contributed by atoms with Gasteiger partial charge < -0.3 is 14.5 Å². The smallest absolute Gasteiger partial charge is 0.338 e. The summed E-state index contributed by atoms with van der Waals surface area (Å²) in [4.78, 5) is 28.7. The normalized spacial score (nSPS) is 11.9. The highest BCUT2D eigenvalue weighted by Gasteiger charge is 2.22. The van der Waals surface area contributed by atoms with Crippen molar-refractivity contribution >= 4 is 44.6 Å². The van der Waals surface area contributed by atoms with Crippen LogP contribution in [0, 0.1) is 0 Å². The second kappa shape index (κ2) is 7.48. The molecule has 1 unspecified atom stereocenters. The Morgan fingerprint density at radius 3 is 2.72 bits per heavy atom. The van der Waals surface area contributed by atoms with Crippen molar-refractivity contribution in [3.05, 3.63) is 58.9 Å². The van der Waals surface area contributed by atoms with Gasteiger partial charge in [-0.3, -0.25) is 4.79 Å². The van der Waals surface area contributed by atoms with Crippen molar-refractivity contribution in [2.45, 2.75) is 19.4 Å². The third kappa shape index (κ3) is 4.06. The number of anilines is 1. The quantitative estimate of drug-likeness (QED) is 0.647. The highest BCUT2D eigenvalue weighted by atomic mass is 79.9. The number of oxazole rings is 1. The lowest BCUT2D eigenvalue weighted by Gasteiger charge is -2.16. The molecule has 6 nitrogen and oxygen atoms in total. The monoisotopic (exact) mass is 402 g/mol. The molecule has 0 saturated heterocycles. The largest absolute Gasteiger partial charge is 0.449 e. The van der Waals surface area contributed by atoms with E-state index in [4.69, 9.17) is 9.15 Å². The highest BCUT2D eigenvalue weighted by molar-refractivity contribution is 9.10. The number of halogens is 1. The van der Waals surface area contributed by atoms with E-state index in [1.54, 1.807) is 37.3 Å². The Kier molecular flexibility index (Phi) is 5.14. The first-order valence-corrected chi connectivity index (χ1v) is 8.47. The molecule has 3 aromatic rings. The van der Waals surface area contributed by atoms with E-state index in [9.17, 15) is 9.59 Å². The van der Waals surface area contributed by atoms with Crippen molar-refractivity contribution in [1.82, 2.24) is 4.98 Å². The Hall–Kier alpha value is -2.67. The van der Waals surface area contributed by atoms with Gasteiger partial charge in [-0.05, 0) is 48.9 Å². The molecule has 1 atom stereocenters. The van der Waals surface area contributed by atoms with Crippen LogP contribution in [0.1, 0.15) is 23.7 Å². The summed E-state index contributed by atoms with van der Waals surface area (Å²) in [6, 6.07) is 11.9. The van der Waals surface area contributed by atoms with Gasteiger partial charge in [0.25, 0.3) is 5.91 Å². The van der Waals surface area contributed by atoms with Crippen LogP contribution in [0.4, 0.5) is 5.69 Å². The number of fused-ring (bicyclic) bond motifs is 1. The Morgan fingerprint density at radius 1 is 1.24 bits per heavy atom. The molecule has 0 bridgehead atoms. The molecule has 0 saturated carbocycles. The van der Waals surface area contributed by atoms with E-state index >= 15 is 0 Å². The number of carbonyl (C=O) groups excluding carboxylic acids is 2. The molecule has 3 rings (SSSR count). The van der Waals surface area contributed by atoms with Crippen LogP contribution in [0.15, 0.2) is 57.7 Å². The second-order valence-electron chi connectivity index (χ2n) is 5.33. The molecule has 0 aliphatic carbocycles. The molecule has 0 fully saturated rings. The lowest BCUT2D eigenvalue weighted by Crippen LogP contribution is -2.32. The first-order chi connectivity index (χ1) is 12.1. The average Bonchev–Trinajstić information content (AvgIpc) is 3.09. The second-order valence-corrected chi connectivity index (χ2v) is 6.25. The molecule has 1 N–H and O–H groups in total. The fraction of sp³-hybridized carbons (Fsp3) is 0.167. The Bertz CT molecular complexity index is 905. The zero-order valence-corrected chi connectivity index (χ0v) is 14.9. The number of amides is 1. The molecule has 7 heteroatoms. The van der Waals surface area contributed by atoms with Gasteiger partial charge in [-0.25, -0.2) is 9.78 Å². The molecule has 1 amide bonds. The van der Waals surface area contributed by atoms with Crippen LogP contribution in [0.5, 0.6) is 0 Å². The number of hydrogen-bond acceptors (Lipinski definition) is 5. The minimum Gasteiger partial charge on any atom is -0.449 e. The summed E-state index contributed by atoms with van der Waals surface area (Å²) in [7, 11) is 0.